The second kappa shape index (κ2) is 8.57. The van der Waals surface area contributed by atoms with E-state index >= 15 is 0 Å². The molecule has 3 N–H and O–H groups in total. The van der Waals surface area contributed by atoms with Gasteiger partial charge in [0, 0.05) is 17.6 Å². The molecule has 0 aliphatic carbocycles. The van der Waals surface area contributed by atoms with Gasteiger partial charge in [-0.25, -0.2) is 14.1 Å². The van der Waals surface area contributed by atoms with Gasteiger partial charge in [-0.05, 0) is 30.5 Å². The first-order valence-corrected chi connectivity index (χ1v) is 13.2. The van der Waals surface area contributed by atoms with Crippen molar-refractivity contribution in [2.45, 2.75) is 40.5 Å². The summed E-state index contributed by atoms with van der Waals surface area (Å²) in [5.41, 5.74) is -1.46. The van der Waals surface area contributed by atoms with E-state index in [0.29, 0.717) is 22.8 Å². The van der Waals surface area contributed by atoms with Gasteiger partial charge in [-0.3, -0.25) is 4.79 Å². The van der Waals surface area contributed by atoms with Crippen LogP contribution in [0.4, 0.5) is 10.2 Å². The smallest absolute Gasteiger partial charge is 0.255 e. The number of nitriles is 1. The van der Waals surface area contributed by atoms with E-state index in [2.05, 4.69) is 10.3 Å². The first kappa shape index (κ1) is 28.2. The van der Waals surface area contributed by atoms with Crippen LogP contribution in [0.3, 0.4) is 0 Å². The molecule has 2 aliphatic heterocycles. The fraction of sp³-hybridized carbons (Fsp3) is 0.304. The van der Waals surface area contributed by atoms with Crippen molar-refractivity contribution < 1.29 is 19.4 Å². The topological polar surface area (TPSA) is 127 Å². The number of piperidine rings is 1. The number of carbonyl (C=O) groups is 1. The Morgan fingerprint density at radius 1 is 1.07 bits per heavy atom. The summed E-state index contributed by atoms with van der Waals surface area (Å²) in [7, 11) is 13.3. The van der Waals surface area contributed by atoms with Crippen LogP contribution in [0.15, 0.2) is 36.5 Å². The van der Waals surface area contributed by atoms with Crippen LogP contribution in [0.1, 0.15) is 28.5 Å². The Hall–Kier alpha value is -3.36. The van der Waals surface area contributed by atoms with Gasteiger partial charge in [0.25, 0.3) is 5.91 Å². The average molecular weight is 531 g/mol. The van der Waals surface area contributed by atoms with E-state index in [0.717, 1.165) is 0 Å². The lowest BCUT2D eigenvalue weighted by molar-refractivity contribution is -0.129. The van der Waals surface area contributed by atoms with Gasteiger partial charge in [-0.1, -0.05) is 11.3 Å². The third-order valence-electron chi connectivity index (χ3n) is 10.2. The molecular weight excluding hydrogens is 503 g/mol. The quantitative estimate of drug-likeness (QED) is 0.288. The van der Waals surface area contributed by atoms with Crippen molar-refractivity contribution in [1.29, 1.82) is 5.26 Å². The highest BCUT2D eigenvalue weighted by atomic mass is 19.1. The molecule has 3 aromatic rings. The number of nitrogens with zero attached hydrogens (tertiary/aromatic N) is 5. The minimum Gasteiger partial charge on any atom is -0.397 e. The maximum Gasteiger partial charge on any atom is 0.255 e. The molecule has 2 aliphatic rings. The molecule has 1 unspecified atom stereocenters. The van der Waals surface area contributed by atoms with Crippen LogP contribution in [0.5, 0.6) is 0 Å². The molecule has 1 aromatic carbocycles. The summed E-state index contributed by atoms with van der Waals surface area (Å²) in [5, 5.41) is 38.3. The van der Waals surface area contributed by atoms with Crippen LogP contribution in [0.2, 0.25) is 5.21 Å². The second-order valence-electron chi connectivity index (χ2n) is 12.6. The number of aliphatic hydroxyl groups is 2. The summed E-state index contributed by atoms with van der Waals surface area (Å²) in [6.07, 6.45) is 1.70. The fourth-order valence-electron chi connectivity index (χ4n) is 6.53. The van der Waals surface area contributed by atoms with Gasteiger partial charge in [0.2, 0.25) is 0 Å². The molecule has 0 radical (unpaired) electrons. The van der Waals surface area contributed by atoms with Crippen molar-refractivity contribution in [3.8, 4) is 23.0 Å². The Balaban J connectivity index is 1.71. The normalized spacial score (nSPS) is 26.1. The highest BCUT2D eigenvalue weighted by Crippen LogP contribution is 2.56. The molecule has 1 amide bonds. The van der Waals surface area contributed by atoms with Crippen molar-refractivity contribution in [3.63, 3.8) is 0 Å². The number of carbonyl (C=O) groups excluding carboxylic acids is 1. The molecule has 5 rings (SSSR count). The van der Waals surface area contributed by atoms with Crippen molar-refractivity contribution in [1.82, 2.24) is 20.1 Å². The zero-order chi connectivity index (χ0) is 29.6. The van der Waals surface area contributed by atoms with E-state index in [-0.39, 0.29) is 29.3 Å². The Kier molecular flexibility index (Phi) is 6.04. The summed E-state index contributed by atoms with van der Waals surface area (Å²) in [6.45, 7) is 1.80. The van der Waals surface area contributed by atoms with E-state index < -0.39 is 32.8 Å². The number of fused-ring (bicyclic) bond motifs is 1. The minimum atomic E-state index is -1.55. The largest absolute Gasteiger partial charge is 0.397 e. The maximum absolute atomic E-state index is 15.0. The number of halogens is 1. The van der Waals surface area contributed by atoms with Crippen LogP contribution < -0.4 is 10.2 Å². The molecule has 0 saturated carbocycles. The summed E-state index contributed by atoms with van der Waals surface area (Å²) in [4.78, 5) is 19.4. The molecule has 40 heavy (non-hydrogen) atoms. The van der Waals surface area contributed by atoms with Gasteiger partial charge in [0.15, 0.2) is 0 Å². The average Bonchev–Trinajstić information content (AvgIpc) is 3.49. The molecule has 196 valence electrons. The van der Waals surface area contributed by atoms with E-state index in [9.17, 15) is 24.7 Å². The monoisotopic (exact) mass is 532 g/mol. The number of rotatable bonds is 3. The van der Waals surface area contributed by atoms with Crippen molar-refractivity contribution in [3.05, 3.63) is 59.2 Å². The van der Waals surface area contributed by atoms with E-state index in [1.54, 1.807) is 33.1 Å². The lowest BCUT2D eigenvalue weighted by atomic mass is 9.19. The SMILES string of the molecule is BC1(B)N(c2ccn(-c3cc(-c4c(F)cccc4C#N)nc4c3C(=O)NC4)n2)C(B)(B)[C@](C)(O)C(B)(O)C1(B)B. The number of hydrogen-bond acceptors (Lipinski definition) is 7. The predicted molar refractivity (Wildman–Crippen MR) is 169 cm³/mol. The zero-order valence-corrected chi connectivity index (χ0v) is 24.1. The third-order valence-corrected chi connectivity index (χ3v) is 10.2. The van der Waals surface area contributed by atoms with Crippen LogP contribution in [0.25, 0.3) is 16.9 Å². The third kappa shape index (κ3) is 3.45. The number of aromatic nitrogens is 3. The Bertz CT molecular complexity index is 1590. The van der Waals surface area contributed by atoms with Crippen molar-refractivity contribution in [2.24, 2.45) is 0 Å². The minimum absolute atomic E-state index is 0.0547. The summed E-state index contributed by atoms with van der Waals surface area (Å²) in [6, 6.07) is 9.63. The molecule has 17 heteroatoms. The standard InChI is InChI=1S/C23H28B7FN6O3/c1-19(39)21(26,40)20(24,25)23(29,30)37(22(19,27)28)15-5-6-36(35-15)14-7-12(34-13-9-33-18(38)17(13)14)16-10(8-32)3-2-4-11(16)31/h2-7,39-40H,9,24-30H2,1H3,(H,33,38)/t19-,21?/m1/s1. The van der Waals surface area contributed by atoms with Crippen LogP contribution >= 0.6 is 0 Å². The highest BCUT2D eigenvalue weighted by Gasteiger charge is 2.70. The van der Waals surface area contributed by atoms with Gasteiger partial charge in [-0.15, -0.1) is 0 Å². The molecule has 1 fully saturated rings. The molecule has 0 spiro atoms. The molecule has 4 heterocycles. The van der Waals surface area contributed by atoms with E-state index in [1.165, 1.54) is 22.9 Å². The zero-order valence-electron chi connectivity index (χ0n) is 24.1. The fourth-order valence-corrected chi connectivity index (χ4v) is 6.53. The predicted octanol–water partition coefficient (Wildman–Crippen LogP) is -5.70. The maximum atomic E-state index is 15.0. The van der Waals surface area contributed by atoms with Crippen LogP contribution in [-0.2, 0) is 6.54 Å². The number of nitrogens with one attached hydrogen (secondary N) is 1. The molecule has 9 nitrogen and oxygen atoms in total. The number of pyridine rings is 1. The lowest BCUT2D eigenvalue weighted by Crippen LogP contribution is -2.89. The van der Waals surface area contributed by atoms with Crippen LogP contribution in [-0.4, -0.2) is 108 Å². The summed E-state index contributed by atoms with van der Waals surface area (Å²) in [5.74, 6) is -0.397. The Labute approximate surface area is 238 Å². The molecule has 1 saturated heterocycles. The molecular formula is C23H28B7FN6O3. The lowest BCUT2D eigenvalue weighted by Gasteiger charge is -2.73. The van der Waals surface area contributed by atoms with Gasteiger partial charge in [-0.2, -0.15) is 10.4 Å². The highest BCUT2D eigenvalue weighted by molar-refractivity contribution is 6.60. The van der Waals surface area contributed by atoms with Gasteiger partial charge < -0.3 is 20.4 Å². The van der Waals surface area contributed by atoms with Gasteiger partial charge in [0.1, 0.15) is 66.6 Å². The van der Waals surface area contributed by atoms with Gasteiger partial charge >= 0.3 is 0 Å². The van der Waals surface area contributed by atoms with Gasteiger partial charge in [0.05, 0.1) is 57.5 Å². The Morgan fingerprint density at radius 3 is 2.40 bits per heavy atom. The van der Waals surface area contributed by atoms with Crippen LogP contribution in [0, 0.1) is 17.1 Å². The summed E-state index contributed by atoms with van der Waals surface area (Å²) >= 11 is 0. The first-order valence-electron chi connectivity index (χ1n) is 13.2. The molecule has 0 bridgehead atoms. The van der Waals surface area contributed by atoms with Crippen molar-refractivity contribution >= 4 is 66.6 Å². The summed E-state index contributed by atoms with van der Waals surface area (Å²) < 4.78 is 16.5. The number of benzene rings is 1. The van der Waals surface area contributed by atoms with Crippen molar-refractivity contribution in [2.75, 3.05) is 4.90 Å². The number of hydrogen-bond donors (Lipinski definition) is 3. The molecule has 2 aromatic heterocycles. The second-order valence-corrected chi connectivity index (χ2v) is 12.6. The molecule has 2 atom stereocenters. The number of anilines is 1. The van der Waals surface area contributed by atoms with E-state index in [1.807, 2.05) is 58.0 Å². The van der Waals surface area contributed by atoms with E-state index in [4.69, 9.17) is 5.10 Å². The first-order chi connectivity index (χ1) is 18.4. The number of amides is 1. The Morgan fingerprint density at radius 2 is 1.75 bits per heavy atom.